The Hall–Kier alpha value is -4.56. The van der Waals surface area contributed by atoms with Gasteiger partial charge >= 0.3 is 6.18 Å². The van der Waals surface area contributed by atoms with Gasteiger partial charge in [0.1, 0.15) is 12.1 Å². The lowest BCUT2D eigenvalue weighted by Gasteiger charge is -2.19. The van der Waals surface area contributed by atoms with Crippen molar-refractivity contribution in [1.29, 1.82) is 5.26 Å². The summed E-state index contributed by atoms with van der Waals surface area (Å²) in [6, 6.07) is 13.1. The quantitative estimate of drug-likeness (QED) is 0.391. The Bertz CT molecular complexity index is 1680. The van der Waals surface area contributed by atoms with Crippen LogP contribution in [-0.2, 0) is 26.4 Å². The number of alkyl halides is 3. The van der Waals surface area contributed by atoms with Gasteiger partial charge in [0.25, 0.3) is 5.91 Å². The fourth-order valence-electron chi connectivity index (χ4n) is 4.99. The van der Waals surface area contributed by atoms with Crippen LogP contribution in [-0.4, -0.2) is 30.8 Å². The summed E-state index contributed by atoms with van der Waals surface area (Å²) in [7, 11) is 1.78. The molecule has 1 saturated carbocycles. The number of rotatable bonds is 5. The second-order valence-corrected chi connectivity index (χ2v) is 9.77. The smallest absolute Gasteiger partial charge is 0.392 e. The number of hydrogen-bond donors (Lipinski definition) is 1. The van der Waals surface area contributed by atoms with Gasteiger partial charge in [0.05, 0.1) is 30.3 Å². The monoisotopic (exact) mass is 530 g/mol. The van der Waals surface area contributed by atoms with Gasteiger partial charge in [-0.3, -0.25) is 9.69 Å². The van der Waals surface area contributed by atoms with Crippen molar-refractivity contribution in [3.8, 4) is 28.6 Å². The Kier molecular flexibility index (Phi) is 5.73. The normalized spacial score (nSPS) is 15.0. The molecule has 0 unspecified atom stereocenters. The number of benzene rings is 2. The van der Waals surface area contributed by atoms with E-state index in [2.05, 4.69) is 16.3 Å². The molecule has 4 aromatic rings. The molecule has 1 amide bonds. The molecule has 2 aliphatic rings. The Morgan fingerprint density at radius 3 is 2.54 bits per heavy atom. The molecule has 39 heavy (non-hydrogen) atoms. The zero-order valence-electron chi connectivity index (χ0n) is 20.7. The number of nitrogens with zero attached hydrogens (tertiary/aromatic N) is 6. The van der Waals surface area contributed by atoms with Crippen molar-refractivity contribution in [3.63, 3.8) is 0 Å². The predicted molar refractivity (Wildman–Crippen MR) is 134 cm³/mol. The van der Waals surface area contributed by atoms with E-state index in [1.54, 1.807) is 42.2 Å². The number of carbonyl (C=O) groups excluding carboxylic acids is 1. The average molecular weight is 531 g/mol. The third-order valence-electron chi connectivity index (χ3n) is 7.11. The summed E-state index contributed by atoms with van der Waals surface area (Å²) >= 11 is 0. The van der Waals surface area contributed by atoms with Crippen molar-refractivity contribution in [2.24, 2.45) is 7.05 Å². The molecule has 2 aromatic carbocycles. The van der Waals surface area contributed by atoms with Gasteiger partial charge in [-0.15, -0.1) is 10.2 Å². The van der Waals surface area contributed by atoms with E-state index >= 15 is 0 Å². The molecule has 1 aliphatic carbocycles. The fourth-order valence-corrected chi connectivity index (χ4v) is 4.99. The molecule has 1 fully saturated rings. The number of hydrogen-bond acceptors (Lipinski definition) is 6. The minimum Gasteiger partial charge on any atom is -0.392 e. The second kappa shape index (κ2) is 9.03. The highest BCUT2D eigenvalue weighted by Gasteiger charge is 2.41. The van der Waals surface area contributed by atoms with Gasteiger partial charge in [0.15, 0.2) is 5.82 Å². The summed E-state index contributed by atoms with van der Waals surface area (Å²) in [6.07, 6.45) is -1.30. The van der Waals surface area contributed by atoms with Gasteiger partial charge in [-0.05, 0) is 71.5 Å². The molecule has 2 aromatic heterocycles. The first kappa shape index (κ1) is 24.8. The highest BCUT2D eigenvalue weighted by atomic mass is 19.4. The molecule has 11 heteroatoms. The van der Waals surface area contributed by atoms with Crippen molar-refractivity contribution < 1.29 is 23.1 Å². The number of anilines is 1. The van der Waals surface area contributed by atoms with Crippen molar-refractivity contribution in [2.75, 3.05) is 4.90 Å². The third kappa shape index (κ3) is 4.32. The first-order valence-corrected chi connectivity index (χ1v) is 12.2. The van der Waals surface area contributed by atoms with Crippen LogP contribution in [0.25, 0.3) is 22.5 Å². The van der Waals surface area contributed by atoms with E-state index in [-0.39, 0.29) is 35.0 Å². The van der Waals surface area contributed by atoms with Gasteiger partial charge in [-0.25, -0.2) is 4.98 Å². The van der Waals surface area contributed by atoms with Crippen LogP contribution in [0.2, 0.25) is 0 Å². The highest BCUT2D eigenvalue weighted by molar-refractivity contribution is 6.10. The summed E-state index contributed by atoms with van der Waals surface area (Å²) in [5.41, 5.74) is 2.09. The molecule has 8 nitrogen and oxygen atoms in total. The van der Waals surface area contributed by atoms with E-state index in [4.69, 9.17) is 4.98 Å². The molecule has 1 aliphatic heterocycles. The van der Waals surface area contributed by atoms with Crippen LogP contribution in [0.5, 0.6) is 0 Å². The molecular weight excluding hydrogens is 509 g/mol. The van der Waals surface area contributed by atoms with Gasteiger partial charge in [0.2, 0.25) is 0 Å². The van der Waals surface area contributed by atoms with Gasteiger partial charge in [0, 0.05) is 29.8 Å². The van der Waals surface area contributed by atoms with Crippen LogP contribution in [0.1, 0.15) is 57.1 Å². The molecule has 0 bridgehead atoms. The topological polar surface area (TPSA) is 108 Å². The molecule has 0 saturated heterocycles. The molecule has 3 heterocycles. The number of aromatic nitrogens is 4. The lowest BCUT2D eigenvalue weighted by molar-refractivity contribution is -0.138. The molecule has 6 rings (SSSR count). The van der Waals surface area contributed by atoms with Crippen LogP contribution in [0.15, 0.2) is 48.8 Å². The van der Waals surface area contributed by atoms with E-state index in [9.17, 15) is 28.3 Å². The number of amides is 1. The van der Waals surface area contributed by atoms with Crippen LogP contribution >= 0.6 is 0 Å². The molecular formula is C28H21F3N6O2. The summed E-state index contributed by atoms with van der Waals surface area (Å²) < 4.78 is 43.4. The van der Waals surface area contributed by atoms with Crippen LogP contribution in [0.4, 0.5) is 19.0 Å². The van der Waals surface area contributed by atoms with Crippen LogP contribution in [0, 0.1) is 11.3 Å². The van der Waals surface area contributed by atoms with Crippen molar-refractivity contribution in [2.45, 2.75) is 38.1 Å². The van der Waals surface area contributed by atoms with E-state index in [0.717, 1.165) is 30.2 Å². The Morgan fingerprint density at radius 2 is 1.90 bits per heavy atom. The van der Waals surface area contributed by atoms with E-state index in [0.29, 0.717) is 22.5 Å². The summed E-state index contributed by atoms with van der Waals surface area (Å²) in [5.74, 6) is 0.352. The maximum Gasteiger partial charge on any atom is 0.416 e. The van der Waals surface area contributed by atoms with Crippen LogP contribution < -0.4 is 4.90 Å². The largest absolute Gasteiger partial charge is 0.416 e. The van der Waals surface area contributed by atoms with E-state index in [1.165, 1.54) is 11.0 Å². The molecule has 196 valence electrons. The van der Waals surface area contributed by atoms with Crippen molar-refractivity contribution >= 4 is 11.7 Å². The molecule has 0 radical (unpaired) electrons. The minimum atomic E-state index is -4.69. The number of halogens is 3. The standard InChI is InChI=1S/C28H21F3N6O2/c1-36-14-33-35-26(36)20-6-15(11-32)2-5-19(20)18-9-24(17-3-4-17)34-25(10-18)37-12-22-21(27(37)39)7-16(13-38)8-23(22)28(29,30)31/h2,5-10,14,17,38H,3-4,12-13H2,1H3. The summed E-state index contributed by atoms with van der Waals surface area (Å²) in [5, 5.41) is 27.2. The predicted octanol–water partition coefficient (Wildman–Crippen LogP) is 4.96. The number of aryl methyl sites for hydroxylation is 1. The summed E-state index contributed by atoms with van der Waals surface area (Å²) in [4.78, 5) is 19.4. The first-order valence-electron chi connectivity index (χ1n) is 12.2. The number of aliphatic hydroxyl groups is 1. The number of pyridine rings is 1. The molecule has 0 spiro atoms. The second-order valence-electron chi connectivity index (χ2n) is 9.77. The van der Waals surface area contributed by atoms with E-state index in [1.807, 2.05) is 6.07 Å². The van der Waals surface area contributed by atoms with Crippen LogP contribution in [0.3, 0.4) is 0 Å². The lowest BCUT2D eigenvalue weighted by atomic mass is 9.96. The zero-order chi connectivity index (χ0) is 27.5. The average Bonchev–Trinajstić information content (AvgIpc) is 3.61. The van der Waals surface area contributed by atoms with Crippen molar-refractivity contribution in [1.82, 2.24) is 19.7 Å². The zero-order valence-corrected chi connectivity index (χ0v) is 20.7. The van der Waals surface area contributed by atoms with Gasteiger partial charge in [-0.2, -0.15) is 18.4 Å². The third-order valence-corrected chi connectivity index (χ3v) is 7.11. The first-order chi connectivity index (χ1) is 18.7. The van der Waals surface area contributed by atoms with Gasteiger partial charge in [-0.1, -0.05) is 6.07 Å². The SMILES string of the molecule is Cn1cnnc1-c1cc(C#N)ccc1-c1cc(C2CC2)nc(N2Cc3c(cc(CO)cc3C(F)(F)F)C2=O)c1. The molecule has 1 N–H and O–H groups in total. The Balaban J connectivity index is 1.50. The Labute approximate surface area is 221 Å². The number of aliphatic hydroxyl groups excluding tert-OH is 1. The van der Waals surface area contributed by atoms with E-state index < -0.39 is 24.3 Å². The van der Waals surface area contributed by atoms with Gasteiger partial charge < -0.3 is 9.67 Å². The Morgan fingerprint density at radius 1 is 1.10 bits per heavy atom. The minimum absolute atomic E-state index is 0.0163. The van der Waals surface area contributed by atoms with Crippen molar-refractivity contribution in [3.05, 3.63) is 82.3 Å². The maximum absolute atomic E-state index is 13.9. The number of carbonyl (C=O) groups is 1. The lowest BCUT2D eigenvalue weighted by Crippen LogP contribution is -2.24. The summed E-state index contributed by atoms with van der Waals surface area (Å²) in [6.45, 7) is -0.911. The highest BCUT2D eigenvalue weighted by Crippen LogP contribution is 2.44. The number of nitriles is 1. The number of fused-ring (bicyclic) bond motifs is 1. The maximum atomic E-state index is 13.9. The fraction of sp³-hybridized carbons (Fsp3) is 0.250. The molecule has 0 atom stereocenters.